The second kappa shape index (κ2) is 5.21. The lowest BCUT2D eigenvalue weighted by molar-refractivity contribution is -0.136. The summed E-state index contributed by atoms with van der Waals surface area (Å²) in [6.07, 6.45) is 3.20. The molecule has 4 nitrogen and oxygen atoms in total. The van der Waals surface area contributed by atoms with Gasteiger partial charge in [0, 0.05) is 5.56 Å². The first-order chi connectivity index (χ1) is 8.24. The van der Waals surface area contributed by atoms with E-state index in [4.69, 9.17) is 14.3 Å². The molecule has 17 heavy (non-hydrogen) atoms. The monoisotopic (exact) mass is 232 g/mol. The zero-order valence-electron chi connectivity index (χ0n) is 9.13. The molecule has 88 valence electrons. The SMILES string of the molecule is O=C(O)Cc1cccc(OCc2ccoc2)c1. The second-order valence-corrected chi connectivity index (χ2v) is 3.64. The summed E-state index contributed by atoms with van der Waals surface area (Å²) in [6.45, 7) is 0.410. The van der Waals surface area contributed by atoms with Gasteiger partial charge in [-0.25, -0.2) is 0 Å². The van der Waals surface area contributed by atoms with Gasteiger partial charge in [0.25, 0.3) is 0 Å². The minimum Gasteiger partial charge on any atom is -0.489 e. The number of carboxylic acids is 1. The highest BCUT2D eigenvalue weighted by molar-refractivity contribution is 5.70. The Morgan fingerprint density at radius 1 is 1.29 bits per heavy atom. The van der Waals surface area contributed by atoms with E-state index in [0.717, 1.165) is 11.1 Å². The summed E-state index contributed by atoms with van der Waals surface area (Å²) in [5, 5.41) is 8.68. The Balaban J connectivity index is 1.98. The minimum atomic E-state index is -0.850. The average Bonchev–Trinajstić information content (AvgIpc) is 2.79. The van der Waals surface area contributed by atoms with Crippen LogP contribution in [0.2, 0.25) is 0 Å². The maximum absolute atomic E-state index is 10.6. The molecule has 1 heterocycles. The summed E-state index contributed by atoms with van der Waals surface area (Å²) in [7, 11) is 0. The van der Waals surface area contributed by atoms with Gasteiger partial charge in [-0.15, -0.1) is 0 Å². The molecule has 1 aromatic heterocycles. The van der Waals surface area contributed by atoms with E-state index in [9.17, 15) is 4.79 Å². The fourth-order valence-electron chi connectivity index (χ4n) is 1.46. The zero-order chi connectivity index (χ0) is 12.1. The molecule has 1 aromatic carbocycles. The molecule has 2 rings (SSSR count). The van der Waals surface area contributed by atoms with Crippen molar-refractivity contribution in [3.8, 4) is 5.75 Å². The van der Waals surface area contributed by atoms with Crippen LogP contribution in [0.4, 0.5) is 0 Å². The Kier molecular flexibility index (Phi) is 3.45. The maximum atomic E-state index is 10.6. The Morgan fingerprint density at radius 3 is 2.88 bits per heavy atom. The van der Waals surface area contributed by atoms with Crippen LogP contribution in [-0.4, -0.2) is 11.1 Å². The van der Waals surface area contributed by atoms with Crippen molar-refractivity contribution in [2.45, 2.75) is 13.0 Å². The van der Waals surface area contributed by atoms with Crippen LogP contribution in [0.5, 0.6) is 5.75 Å². The zero-order valence-corrected chi connectivity index (χ0v) is 9.13. The summed E-state index contributed by atoms with van der Waals surface area (Å²) in [5.74, 6) is -0.193. The highest BCUT2D eigenvalue weighted by Gasteiger charge is 2.02. The topological polar surface area (TPSA) is 59.7 Å². The Morgan fingerprint density at radius 2 is 2.18 bits per heavy atom. The number of aliphatic carboxylic acids is 1. The lowest BCUT2D eigenvalue weighted by atomic mass is 10.1. The first kappa shape index (κ1) is 11.3. The summed E-state index contributed by atoms with van der Waals surface area (Å²) in [4.78, 5) is 10.6. The molecule has 0 saturated carbocycles. The van der Waals surface area contributed by atoms with E-state index < -0.39 is 5.97 Å². The van der Waals surface area contributed by atoms with E-state index in [0.29, 0.717) is 12.4 Å². The van der Waals surface area contributed by atoms with Crippen LogP contribution in [0.25, 0.3) is 0 Å². The molecular formula is C13H12O4. The number of hydrogen-bond acceptors (Lipinski definition) is 3. The van der Waals surface area contributed by atoms with Crippen LogP contribution < -0.4 is 4.74 Å². The van der Waals surface area contributed by atoms with Gasteiger partial charge in [0.1, 0.15) is 12.4 Å². The highest BCUT2D eigenvalue weighted by Crippen LogP contribution is 2.15. The van der Waals surface area contributed by atoms with Gasteiger partial charge in [-0.1, -0.05) is 12.1 Å². The lowest BCUT2D eigenvalue weighted by Crippen LogP contribution is -2.00. The van der Waals surface area contributed by atoms with Crippen molar-refractivity contribution in [1.29, 1.82) is 0 Å². The molecule has 0 aliphatic rings. The van der Waals surface area contributed by atoms with Gasteiger partial charge in [-0.3, -0.25) is 4.79 Å². The van der Waals surface area contributed by atoms with Crippen molar-refractivity contribution in [2.24, 2.45) is 0 Å². The number of furan rings is 1. The molecule has 0 radical (unpaired) electrons. The quantitative estimate of drug-likeness (QED) is 0.860. The van der Waals surface area contributed by atoms with Crippen molar-refractivity contribution in [2.75, 3.05) is 0 Å². The summed E-state index contributed by atoms with van der Waals surface area (Å²) < 4.78 is 10.4. The molecule has 0 amide bonds. The Bertz CT molecular complexity index is 488. The first-order valence-corrected chi connectivity index (χ1v) is 5.18. The Labute approximate surface area is 98.4 Å². The fourth-order valence-corrected chi connectivity index (χ4v) is 1.46. The molecule has 0 unspecified atom stereocenters. The first-order valence-electron chi connectivity index (χ1n) is 5.18. The van der Waals surface area contributed by atoms with Gasteiger partial charge < -0.3 is 14.3 Å². The molecule has 1 N–H and O–H groups in total. The van der Waals surface area contributed by atoms with Gasteiger partial charge >= 0.3 is 5.97 Å². The molecule has 0 bridgehead atoms. The molecular weight excluding hydrogens is 220 g/mol. The van der Waals surface area contributed by atoms with Gasteiger partial charge in [-0.05, 0) is 23.8 Å². The van der Waals surface area contributed by atoms with E-state index in [-0.39, 0.29) is 6.42 Å². The predicted molar refractivity (Wildman–Crippen MR) is 60.8 cm³/mol. The third-order valence-corrected chi connectivity index (χ3v) is 2.24. The van der Waals surface area contributed by atoms with E-state index >= 15 is 0 Å². The third-order valence-electron chi connectivity index (χ3n) is 2.24. The normalized spacial score (nSPS) is 10.1. The van der Waals surface area contributed by atoms with Crippen molar-refractivity contribution >= 4 is 5.97 Å². The summed E-state index contributed by atoms with van der Waals surface area (Å²) >= 11 is 0. The summed E-state index contributed by atoms with van der Waals surface area (Å²) in [5.41, 5.74) is 1.66. The second-order valence-electron chi connectivity index (χ2n) is 3.64. The van der Waals surface area contributed by atoms with Crippen LogP contribution in [0, 0.1) is 0 Å². The minimum absolute atomic E-state index is 0.00289. The van der Waals surface area contributed by atoms with Crippen LogP contribution in [-0.2, 0) is 17.8 Å². The lowest BCUT2D eigenvalue weighted by Gasteiger charge is -2.05. The maximum Gasteiger partial charge on any atom is 0.307 e. The summed E-state index contributed by atoms with van der Waals surface area (Å²) in [6, 6.07) is 8.89. The van der Waals surface area contributed by atoms with E-state index in [2.05, 4.69) is 0 Å². The van der Waals surface area contributed by atoms with Crippen LogP contribution in [0.15, 0.2) is 47.3 Å². The third kappa shape index (κ3) is 3.38. The van der Waals surface area contributed by atoms with Crippen LogP contribution in [0.3, 0.4) is 0 Å². The smallest absolute Gasteiger partial charge is 0.307 e. The van der Waals surface area contributed by atoms with Gasteiger partial charge in [0.2, 0.25) is 0 Å². The standard InChI is InChI=1S/C13H12O4/c14-13(15)7-10-2-1-3-12(6-10)17-9-11-4-5-16-8-11/h1-6,8H,7,9H2,(H,14,15). The molecule has 4 heteroatoms. The molecule has 0 atom stereocenters. The van der Waals surface area contributed by atoms with Crippen molar-refractivity contribution < 1.29 is 19.1 Å². The van der Waals surface area contributed by atoms with Crippen molar-refractivity contribution in [3.05, 3.63) is 54.0 Å². The molecule has 0 spiro atoms. The molecule has 2 aromatic rings. The molecule has 0 aliphatic carbocycles. The Hall–Kier alpha value is -2.23. The highest BCUT2D eigenvalue weighted by atomic mass is 16.5. The largest absolute Gasteiger partial charge is 0.489 e. The van der Waals surface area contributed by atoms with Crippen LogP contribution >= 0.6 is 0 Å². The number of rotatable bonds is 5. The number of benzene rings is 1. The average molecular weight is 232 g/mol. The molecule has 0 saturated heterocycles. The van der Waals surface area contributed by atoms with Gasteiger partial charge in [0.15, 0.2) is 0 Å². The van der Waals surface area contributed by atoms with Crippen molar-refractivity contribution in [3.63, 3.8) is 0 Å². The predicted octanol–water partition coefficient (Wildman–Crippen LogP) is 2.49. The van der Waals surface area contributed by atoms with Crippen molar-refractivity contribution in [1.82, 2.24) is 0 Å². The molecule has 0 aliphatic heterocycles. The van der Waals surface area contributed by atoms with Gasteiger partial charge in [0.05, 0.1) is 18.9 Å². The number of ether oxygens (including phenoxy) is 1. The van der Waals surface area contributed by atoms with E-state index in [1.807, 2.05) is 6.07 Å². The van der Waals surface area contributed by atoms with E-state index in [1.165, 1.54) is 0 Å². The van der Waals surface area contributed by atoms with Crippen LogP contribution in [0.1, 0.15) is 11.1 Å². The molecule has 0 fully saturated rings. The number of carboxylic acid groups (broad SMARTS) is 1. The fraction of sp³-hybridized carbons (Fsp3) is 0.154. The van der Waals surface area contributed by atoms with Gasteiger partial charge in [-0.2, -0.15) is 0 Å². The number of carbonyl (C=O) groups is 1. The number of hydrogen-bond donors (Lipinski definition) is 1. The van der Waals surface area contributed by atoms with E-state index in [1.54, 1.807) is 36.8 Å².